The molecule has 1 aromatic rings. The molecule has 19 heavy (non-hydrogen) atoms. The van der Waals surface area contributed by atoms with E-state index < -0.39 is 26.5 Å². The van der Waals surface area contributed by atoms with Crippen LogP contribution in [0.1, 0.15) is 11.1 Å². The number of nitrogens with zero attached hydrogens (tertiary/aromatic N) is 2. The first kappa shape index (κ1) is 15.5. The van der Waals surface area contributed by atoms with Crippen molar-refractivity contribution in [3.63, 3.8) is 0 Å². The van der Waals surface area contributed by atoms with Gasteiger partial charge in [-0.25, -0.2) is 13.4 Å². The van der Waals surface area contributed by atoms with Gasteiger partial charge in [-0.1, -0.05) is 0 Å². The fraction of sp³-hybridized carbons (Fsp3) is 0.400. The number of nitro groups is 1. The molecule has 0 radical (unpaired) electrons. The second-order valence-electron chi connectivity index (χ2n) is 4.22. The van der Waals surface area contributed by atoms with E-state index in [1.165, 1.54) is 33.0 Å². The average molecular weight is 291 g/mol. The van der Waals surface area contributed by atoms with Crippen molar-refractivity contribution in [2.45, 2.75) is 18.7 Å². The maximum Gasteiger partial charge on any atom is 0.309 e. The van der Waals surface area contributed by atoms with Gasteiger partial charge in [-0.05, 0) is 25.5 Å². The summed E-state index contributed by atoms with van der Waals surface area (Å²) in [4.78, 5) is 11.7. The zero-order valence-electron chi connectivity index (χ0n) is 10.9. The molecule has 0 fully saturated rings. The Morgan fingerprint density at radius 3 is 2.32 bits per heavy atom. The highest BCUT2D eigenvalue weighted by Gasteiger charge is 2.29. The van der Waals surface area contributed by atoms with Crippen LogP contribution in [0, 0.1) is 29.8 Å². The summed E-state index contributed by atoms with van der Waals surface area (Å²) in [5, 5.41) is 12.0. The second kappa shape index (κ2) is 5.19. The average Bonchev–Trinajstić information content (AvgIpc) is 2.11. The molecule has 0 saturated heterocycles. The molecule has 0 aliphatic heterocycles. The Balaban J connectivity index is 3.62. The summed E-state index contributed by atoms with van der Waals surface area (Å²) in [6.45, 7) is 2.59. The second-order valence-corrected chi connectivity index (χ2v) is 5.82. The summed E-state index contributed by atoms with van der Waals surface area (Å²) in [7, 11) is -1.07. The van der Waals surface area contributed by atoms with E-state index in [-0.39, 0.29) is 16.0 Å². The number of hydrazine groups is 1. The van der Waals surface area contributed by atoms with E-state index in [1.54, 1.807) is 0 Å². The van der Waals surface area contributed by atoms with E-state index in [0.29, 0.717) is 0 Å². The van der Waals surface area contributed by atoms with E-state index in [0.717, 1.165) is 6.07 Å². The van der Waals surface area contributed by atoms with Gasteiger partial charge in [-0.3, -0.25) is 10.1 Å². The minimum absolute atomic E-state index is 0.106. The highest BCUT2D eigenvalue weighted by Crippen LogP contribution is 2.30. The first-order chi connectivity index (χ1) is 8.58. The molecule has 0 aliphatic carbocycles. The molecule has 0 spiro atoms. The van der Waals surface area contributed by atoms with Gasteiger partial charge in [-0.2, -0.15) is 4.39 Å². The predicted molar refractivity (Wildman–Crippen MR) is 66.5 cm³/mol. The van der Waals surface area contributed by atoms with Gasteiger partial charge in [0, 0.05) is 14.1 Å². The van der Waals surface area contributed by atoms with Crippen LogP contribution >= 0.6 is 0 Å². The molecule has 1 N–H and O–H groups in total. The zero-order chi connectivity index (χ0) is 15.0. The maximum atomic E-state index is 13.5. The van der Waals surface area contributed by atoms with Crippen LogP contribution < -0.4 is 4.83 Å². The third kappa shape index (κ3) is 3.06. The normalized spacial score (nSPS) is 11.9. The van der Waals surface area contributed by atoms with Crippen LogP contribution in [-0.4, -0.2) is 32.4 Å². The quantitative estimate of drug-likeness (QED) is 0.662. The minimum Gasteiger partial charge on any atom is -0.258 e. The number of nitro benzene ring substituents is 1. The summed E-state index contributed by atoms with van der Waals surface area (Å²) >= 11 is 0. The Hall–Kier alpha value is -1.58. The highest BCUT2D eigenvalue weighted by atomic mass is 32.2. The number of hydrogen-bond donors (Lipinski definition) is 1. The van der Waals surface area contributed by atoms with Gasteiger partial charge < -0.3 is 0 Å². The number of hydrogen-bond acceptors (Lipinski definition) is 5. The number of benzene rings is 1. The van der Waals surface area contributed by atoms with Gasteiger partial charge in [0.1, 0.15) is 0 Å². The van der Waals surface area contributed by atoms with Crippen molar-refractivity contribution in [3.8, 4) is 0 Å². The van der Waals surface area contributed by atoms with Crippen molar-refractivity contribution in [2.24, 2.45) is 0 Å². The Morgan fingerprint density at radius 1 is 1.37 bits per heavy atom. The number of sulfonamides is 1. The van der Waals surface area contributed by atoms with Gasteiger partial charge >= 0.3 is 5.69 Å². The Bertz CT molecular complexity index is 628. The molecule has 1 aromatic carbocycles. The Morgan fingerprint density at radius 2 is 1.89 bits per heavy atom. The van der Waals surface area contributed by atoms with E-state index in [4.69, 9.17) is 0 Å². The lowest BCUT2D eigenvalue weighted by Crippen LogP contribution is -2.36. The molecule has 0 heterocycles. The molecular weight excluding hydrogens is 277 g/mol. The van der Waals surface area contributed by atoms with Gasteiger partial charge in [0.15, 0.2) is 0 Å². The highest BCUT2D eigenvalue weighted by molar-refractivity contribution is 7.89. The van der Waals surface area contributed by atoms with Crippen LogP contribution in [0.25, 0.3) is 0 Å². The van der Waals surface area contributed by atoms with Crippen LogP contribution in [0.15, 0.2) is 11.0 Å². The van der Waals surface area contributed by atoms with Crippen molar-refractivity contribution in [3.05, 3.63) is 33.1 Å². The lowest BCUT2D eigenvalue weighted by Gasteiger charge is -2.16. The number of rotatable bonds is 4. The third-order valence-electron chi connectivity index (χ3n) is 2.38. The van der Waals surface area contributed by atoms with Gasteiger partial charge in [-0.15, -0.1) is 4.83 Å². The number of aryl methyl sites for hydroxylation is 1. The van der Waals surface area contributed by atoms with Crippen LogP contribution in [-0.2, 0) is 10.0 Å². The lowest BCUT2D eigenvalue weighted by atomic mass is 10.1. The molecule has 7 nitrogen and oxygen atoms in total. The Kier molecular flexibility index (Phi) is 4.23. The molecule has 0 aromatic heterocycles. The SMILES string of the molecule is Cc1cc(F)c([N+](=O)[O-])c(C)c1S(=O)(=O)NN(C)C. The minimum atomic E-state index is -3.99. The zero-order valence-corrected chi connectivity index (χ0v) is 11.7. The van der Waals surface area contributed by atoms with Crippen LogP contribution in [0.4, 0.5) is 10.1 Å². The van der Waals surface area contributed by atoms with E-state index in [9.17, 15) is 22.9 Å². The molecule has 9 heteroatoms. The summed E-state index contributed by atoms with van der Waals surface area (Å²) < 4.78 is 37.7. The molecule has 0 unspecified atom stereocenters. The molecular formula is C10H14FN3O4S. The van der Waals surface area contributed by atoms with Crippen molar-refractivity contribution in [1.82, 2.24) is 9.84 Å². The fourth-order valence-electron chi connectivity index (χ4n) is 1.83. The van der Waals surface area contributed by atoms with E-state index >= 15 is 0 Å². The lowest BCUT2D eigenvalue weighted by molar-refractivity contribution is -0.388. The smallest absolute Gasteiger partial charge is 0.258 e. The number of halogens is 1. The van der Waals surface area contributed by atoms with Crippen molar-refractivity contribution in [2.75, 3.05) is 14.1 Å². The van der Waals surface area contributed by atoms with Gasteiger partial charge in [0.25, 0.3) is 10.0 Å². The molecule has 1 rings (SSSR count). The summed E-state index contributed by atoms with van der Waals surface area (Å²) in [6.07, 6.45) is 0. The maximum absolute atomic E-state index is 13.5. The van der Waals surface area contributed by atoms with Gasteiger partial charge in [0.2, 0.25) is 5.82 Å². The van der Waals surface area contributed by atoms with Crippen LogP contribution in [0.3, 0.4) is 0 Å². The van der Waals surface area contributed by atoms with Gasteiger partial charge in [0.05, 0.1) is 15.4 Å². The largest absolute Gasteiger partial charge is 0.309 e. The summed E-state index contributed by atoms with van der Waals surface area (Å²) in [5.41, 5.74) is -0.948. The molecule has 106 valence electrons. The first-order valence-corrected chi connectivity index (χ1v) is 6.70. The monoisotopic (exact) mass is 291 g/mol. The summed E-state index contributed by atoms with van der Waals surface area (Å²) in [5.74, 6) is -1.05. The molecule has 0 aliphatic rings. The fourth-order valence-corrected chi connectivity index (χ4v) is 3.38. The number of nitrogens with one attached hydrogen (secondary N) is 1. The standard InChI is InChI=1S/C10H14FN3O4S/c1-6-5-8(11)9(14(15)16)7(2)10(6)19(17,18)12-13(3)4/h5,12H,1-4H3. The molecule has 0 atom stereocenters. The van der Waals surface area contributed by atoms with E-state index in [2.05, 4.69) is 4.83 Å². The van der Waals surface area contributed by atoms with Crippen LogP contribution in [0.5, 0.6) is 0 Å². The Labute approximate surface area is 110 Å². The topological polar surface area (TPSA) is 92.5 Å². The predicted octanol–water partition coefficient (Wildman–Crippen LogP) is 1.11. The van der Waals surface area contributed by atoms with Crippen molar-refractivity contribution in [1.29, 1.82) is 0 Å². The first-order valence-electron chi connectivity index (χ1n) is 5.21. The van der Waals surface area contributed by atoms with Crippen molar-refractivity contribution >= 4 is 15.7 Å². The molecule has 0 amide bonds. The summed E-state index contributed by atoms with van der Waals surface area (Å²) in [6, 6.07) is 0.843. The molecule has 0 bridgehead atoms. The van der Waals surface area contributed by atoms with Crippen LogP contribution in [0.2, 0.25) is 0 Å². The van der Waals surface area contributed by atoms with E-state index in [1.807, 2.05) is 0 Å². The third-order valence-corrected chi connectivity index (χ3v) is 4.15. The molecule has 0 saturated carbocycles. The van der Waals surface area contributed by atoms with Crippen molar-refractivity contribution < 1.29 is 17.7 Å².